The summed E-state index contributed by atoms with van der Waals surface area (Å²) in [7, 11) is 1.69. The average molecular weight is 222 g/mol. The highest BCUT2D eigenvalue weighted by atomic mass is 16.5. The van der Waals surface area contributed by atoms with Crippen molar-refractivity contribution in [1.29, 1.82) is 0 Å². The normalized spacial score (nSPS) is 10.8. The molecule has 0 aliphatic heterocycles. The minimum atomic E-state index is 0.733. The molecule has 0 radical (unpaired) electrons. The molecule has 0 amide bonds. The number of methoxy groups -OCH3 is 1. The third kappa shape index (κ3) is 4.21. The molecule has 0 atom stereocenters. The molecular formula is C13H22N2O. The lowest BCUT2D eigenvalue weighted by Crippen LogP contribution is -2.31. The molecule has 0 fully saturated rings. The van der Waals surface area contributed by atoms with Crippen LogP contribution in [0.5, 0.6) is 5.75 Å². The fourth-order valence-electron chi connectivity index (χ4n) is 1.69. The highest BCUT2D eigenvalue weighted by Crippen LogP contribution is 2.11. The summed E-state index contributed by atoms with van der Waals surface area (Å²) in [4.78, 5) is 2.37. The molecule has 1 aromatic carbocycles. The number of rotatable bonds is 7. The van der Waals surface area contributed by atoms with Gasteiger partial charge in [-0.05, 0) is 30.7 Å². The van der Waals surface area contributed by atoms with E-state index in [9.17, 15) is 0 Å². The fourth-order valence-corrected chi connectivity index (χ4v) is 1.69. The molecule has 0 saturated carbocycles. The molecule has 0 aromatic heterocycles. The highest BCUT2D eigenvalue weighted by molar-refractivity contribution is 5.27. The Morgan fingerprint density at radius 1 is 1.19 bits per heavy atom. The van der Waals surface area contributed by atoms with E-state index in [1.807, 2.05) is 12.1 Å². The van der Waals surface area contributed by atoms with Crippen LogP contribution in [0.3, 0.4) is 0 Å². The van der Waals surface area contributed by atoms with Gasteiger partial charge in [-0.1, -0.05) is 19.1 Å². The maximum atomic E-state index is 5.55. The number of hydrogen-bond acceptors (Lipinski definition) is 3. The minimum Gasteiger partial charge on any atom is -0.497 e. The number of likely N-dealkylation sites (N-methyl/N-ethyl adjacent to an activating group) is 1. The second-order valence-corrected chi connectivity index (χ2v) is 3.82. The molecule has 3 nitrogen and oxygen atoms in total. The van der Waals surface area contributed by atoms with Gasteiger partial charge in [-0.25, -0.2) is 0 Å². The van der Waals surface area contributed by atoms with E-state index in [4.69, 9.17) is 10.5 Å². The van der Waals surface area contributed by atoms with Gasteiger partial charge in [-0.2, -0.15) is 0 Å². The lowest BCUT2D eigenvalue weighted by molar-refractivity contribution is 0.300. The van der Waals surface area contributed by atoms with E-state index in [0.717, 1.165) is 38.3 Å². The summed E-state index contributed by atoms with van der Waals surface area (Å²) in [6.45, 7) is 6.01. The predicted octanol–water partition coefficient (Wildman–Crippen LogP) is 1.52. The Bertz CT molecular complexity index is 284. The van der Waals surface area contributed by atoms with Crippen LogP contribution in [-0.2, 0) is 6.42 Å². The summed E-state index contributed by atoms with van der Waals surface area (Å²) in [5.74, 6) is 0.915. The zero-order valence-electron chi connectivity index (χ0n) is 10.3. The van der Waals surface area contributed by atoms with Gasteiger partial charge in [0.15, 0.2) is 0 Å². The largest absolute Gasteiger partial charge is 0.497 e. The summed E-state index contributed by atoms with van der Waals surface area (Å²) in [5.41, 5.74) is 6.90. The summed E-state index contributed by atoms with van der Waals surface area (Å²) in [5, 5.41) is 0. The maximum Gasteiger partial charge on any atom is 0.118 e. The van der Waals surface area contributed by atoms with Gasteiger partial charge in [0.05, 0.1) is 7.11 Å². The van der Waals surface area contributed by atoms with Crippen molar-refractivity contribution < 1.29 is 4.74 Å². The average Bonchev–Trinajstić information content (AvgIpc) is 2.35. The van der Waals surface area contributed by atoms with Gasteiger partial charge in [0.25, 0.3) is 0 Å². The topological polar surface area (TPSA) is 38.5 Å². The minimum absolute atomic E-state index is 0.733. The summed E-state index contributed by atoms with van der Waals surface area (Å²) in [6, 6.07) is 8.26. The first kappa shape index (κ1) is 13.0. The predicted molar refractivity (Wildman–Crippen MR) is 67.9 cm³/mol. The van der Waals surface area contributed by atoms with Gasteiger partial charge in [-0.3, -0.25) is 0 Å². The molecule has 0 heterocycles. The molecule has 0 bridgehead atoms. The quantitative estimate of drug-likeness (QED) is 0.760. The van der Waals surface area contributed by atoms with Gasteiger partial charge < -0.3 is 15.4 Å². The number of nitrogens with two attached hydrogens (primary N) is 1. The number of nitrogens with zero attached hydrogens (tertiary/aromatic N) is 1. The van der Waals surface area contributed by atoms with Gasteiger partial charge in [0.1, 0.15) is 5.75 Å². The second-order valence-electron chi connectivity index (χ2n) is 3.82. The van der Waals surface area contributed by atoms with Gasteiger partial charge in [0, 0.05) is 19.6 Å². The molecule has 3 heteroatoms. The van der Waals surface area contributed by atoms with Crippen LogP contribution >= 0.6 is 0 Å². The lowest BCUT2D eigenvalue weighted by atomic mass is 10.1. The van der Waals surface area contributed by atoms with Gasteiger partial charge in [0.2, 0.25) is 0 Å². The molecular weight excluding hydrogens is 200 g/mol. The zero-order valence-corrected chi connectivity index (χ0v) is 10.3. The van der Waals surface area contributed by atoms with Crippen molar-refractivity contribution in [2.45, 2.75) is 13.3 Å². The van der Waals surface area contributed by atoms with Crippen molar-refractivity contribution >= 4 is 0 Å². The van der Waals surface area contributed by atoms with Crippen LogP contribution in [0.2, 0.25) is 0 Å². The Hall–Kier alpha value is -1.06. The molecule has 0 spiro atoms. The van der Waals surface area contributed by atoms with Crippen LogP contribution in [0.25, 0.3) is 0 Å². The Labute approximate surface area is 98.2 Å². The van der Waals surface area contributed by atoms with Crippen molar-refractivity contribution in [3.63, 3.8) is 0 Å². The highest BCUT2D eigenvalue weighted by Gasteiger charge is 2.01. The van der Waals surface area contributed by atoms with Crippen molar-refractivity contribution in [1.82, 2.24) is 4.90 Å². The third-order valence-corrected chi connectivity index (χ3v) is 2.77. The monoisotopic (exact) mass is 222 g/mol. The lowest BCUT2D eigenvalue weighted by Gasteiger charge is -2.19. The molecule has 1 aromatic rings. The van der Waals surface area contributed by atoms with E-state index < -0.39 is 0 Å². The van der Waals surface area contributed by atoms with E-state index in [2.05, 4.69) is 24.0 Å². The van der Waals surface area contributed by atoms with Crippen LogP contribution in [0.1, 0.15) is 12.5 Å². The fraction of sp³-hybridized carbons (Fsp3) is 0.538. The van der Waals surface area contributed by atoms with E-state index in [1.54, 1.807) is 7.11 Å². The van der Waals surface area contributed by atoms with Gasteiger partial charge in [-0.15, -0.1) is 0 Å². The van der Waals surface area contributed by atoms with Crippen LogP contribution in [0.4, 0.5) is 0 Å². The van der Waals surface area contributed by atoms with Crippen molar-refractivity contribution in [3.8, 4) is 5.75 Å². The van der Waals surface area contributed by atoms with Crippen LogP contribution in [0, 0.1) is 0 Å². The van der Waals surface area contributed by atoms with Crippen LogP contribution in [-0.4, -0.2) is 38.2 Å². The molecule has 0 saturated heterocycles. The van der Waals surface area contributed by atoms with Crippen molar-refractivity contribution in [2.75, 3.05) is 33.3 Å². The number of ether oxygens (including phenoxy) is 1. The maximum absolute atomic E-state index is 5.55. The standard InChI is InChI=1S/C13H22N2O/c1-3-15(11-9-14)10-8-12-4-6-13(16-2)7-5-12/h4-7H,3,8-11,14H2,1-2H3. The van der Waals surface area contributed by atoms with Gasteiger partial charge >= 0.3 is 0 Å². The summed E-state index contributed by atoms with van der Waals surface area (Å²) < 4.78 is 5.13. The molecule has 1 rings (SSSR count). The van der Waals surface area contributed by atoms with E-state index in [0.29, 0.717) is 0 Å². The van der Waals surface area contributed by atoms with Crippen molar-refractivity contribution in [3.05, 3.63) is 29.8 Å². The Morgan fingerprint density at radius 2 is 1.88 bits per heavy atom. The molecule has 0 aliphatic rings. The van der Waals surface area contributed by atoms with Crippen molar-refractivity contribution in [2.24, 2.45) is 5.73 Å². The molecule has 0 aliphatic carbocycles. The molecule has 0 unspecified atom stereocenters. The zero-order chi connectivity index (χ0) is 11.8. The third-order valence-electron chi connectivity index (χ3n) is 2.77. The first-order chi connectivity index (χ1) is 7.80. The number of benzene rings is 1. The Kier molecular flexibility index (Phi) is 5.90. The van der Waals surface area contributed by atoms with Crippen LogP contribution < -0.4 is 10.5 Å². The van der Waals surface area contributed by atoms with E-state index >= 15 is 0 Å². The molecule has 16 heavy (non-hydrogen) atoms. The first-order valence-electron chi connectivity index (χ1n) is 5.85. The first-order valence-corrected chi connectivity index (χ1v) is 5.85. The summed E-state index contributed by atoms with van der Waals surface area (Å²) in [6.07, 6.45) is 1.07. The Balaban J connectivity index is 2.40. The Morgan fingerprint density at radius 3 is 2.38 bits per heavy atom. The SMILES string of the molecule is CCN(CCN)CCc1ccc(OC)cc1. The van der Waals surface area contributed by atoms with Crippen LogP contribution in [0.15, 0.2) is 24.3 Å². The van der Waals surface area contributed by atoms with E-state index in [1.165, 1.54) is 5.56 Å². The molecule has 2 N–H and O–H groups in total. The second kappa shape index (κ2) is 7.25. The number of hydrogen-bond donors (Lipinski definition) is 1. The smallest absolute Gasteiger partial charge is 0.118 e. The van der Waals surface area contributed by atoms with E-state index in [-0.39, 0.29) is 0 Å². The summed E-state index contributed by atoms with van der Waals surface area (Å²) >= 11 is 0. The molecule has 90 valence electrons.